The molecule has 6 heteroatoms. The molecule has 0 aliphatic carbocycles. The van der Waals surface area contributed by atoms with Crippen LogP contribution >= 0.6 is 11.6 Å². The van der Waals surface area contributed by atoms with Gasteiger partial charge in [0.2, 0.25) is 5.89 Å². The summed E-state index contributed by atoms with van der Waals surface area (Å²) in [7, 11) is 0. The molecule has 1 saturated heterocycles. The van der Waals surface area contributed by atoms with Crippen molar-refractivity contribution < 1.29 is 9.21 Å². The van der Waals surface area contributed by atoms with Gasteiger partial charge in [-0.3, -0.25) is 4.79 Å². The van der Waals surface area contributed by atoms with Crippen LogP contribution in [-0.4, -0.2) is 27.3 Å². The molecule has 1 amide bonds. The lowest BCUT2D eigenvalue weighted by Gasteiger charge is -2.22. The molecule has 5 rings (SSSR count). The second-order valence-corrected chi connectivity index (χ2v) is 7.95. The van der Waals surface area contributed by atoms with Gasteiger partial charge in [-0.05, 0) is 42.7 Å². The van der Waals surface area contributed by atoms with Crippen molar-refractivity contribution in [3.8, 4) is 0 Å². The van der Waals surface area contributed by atoms with Crippen molar-refractivity contribution in [2.24, 2.45) is 0 Å². The van der Waals surface area contributed by atoms with Crippen molar-refractivity contribution in [3.05, 3.63) is 94.8 Å². The molecule has 0 bridgehead atoms. The van der Waals surface area contributed by atoms with Crippen molar-refractivity contribution in [1.82, 2.24) is 14.9 Å². The molecule has 1 fully saturated rings. The average Bonchev–Trinajstić information content (AvgIpc) is 3.44. The molecule has 2 aromatic heterocycles. The van der Waals surface area contributed by atoms with Crippen LogP contribution in [0.25, 0.3) is 10.9 Å². The Labute approximate surface area is 179 Å². The van der Waals surface area contributed by atoms with Crippen LogP contribution in [0.3, 0.4) is 0 Å². The van der Waals surface area contributed by atoms with Crippen LogP contribution in [0.1, 0.15) is 46.6 Å². The SMILES string of the molecule is O=C(c1ccc2ccccc2n1)N1CCC[C@H]1c1ncc(Cc2ccc(Cl)cc2)o1. The fraction of sp³-hybridized carbons (Fsp3) is 0.208. The molecule has 3 heterocycles. The third-order valence-electron chi connectivity index (χ3n) is 5.48. The third-order valence-corrected chi connectivity index (χ3v) is 5.73. The number of para-hydroxylation sites is 1. The van der Waals surface area contributed by atoms with Crippen molar-refractivity contribution in [2.75, 3.05) is 6.54 Å². The minimum Gasteiger partial charge on any atom is -0.443 e. The van der Waals surface area contributed by atoms with Gasteiger partial charge in [0, 0.05) is 23.4 Å². The third kappa shape index (κ3) is 3.68. The van der Waals surface area contributed by atoms with Crippen molar-refractivity contribution in [1.29, 1.82) is 0 Å². The largest absolute Gasteiger partial charge is 0.443 e. The van der Waals surface area contributed by atoms with Gasteiger partial charge >= 0.3 is 0 Å². The summed E-state index contributed by atoms with van der Waals surface area (Å²) in [4.78, 5) is 24.1. The van der Waals surface area contributed by atoms with Gasteiger partial charge in [-0.25, -0.2) is 9.97 Å². The number of rotatable bonds is 4. The second kappa shape index (κ2) is 7.92. The molecule has 1 atom stereocenters. The summed E-state index contributed by atoms with van der Waals surface area (Å²) in [6, 6.07) is 19.0. The van der Waals surface area contributed by atoms with Crippen molar-refractivity contribution >= 4 is 28.4 Å². The van der Waals surface area contributed by atoms with E-state index < -0.39 is 0 Å². The van der Waals surface area contributed by atoms with E-state index in [4.69, 9.17) is 16.0 Å². The van der Waals surface area contributed by atoms with Crippen molar-refractivity contribution in [2.45, 2.75) is 25.3 Å². The molecule has 0 unspecified atom stereocenters. The first-order valence-electron chi connectivity index (χ1n) is 10.0. The number of pyridine rings is 1. The number of nitrogens with zero attached hydrogens (tertiary/aromatic N) is 3. The maximum atomic E-state index is 13.2. The smallest absolute Gasteiger partial charge is 0.273 e. The number of amides is 1. The summed E-state index contributed by atoms with van der Waals surface area (Å²) in [5, 5.41) is 1.73. The summed E-state index contributed by atoms with van der Waals surface area (Å²) in [5.41, 5.74) is 2.37. The number of oxazole rings is 1. The predicted molar refractivity (Wildman–Crippen MR) is 116 cm³/mol. The average molecular weight is 418 g/mol. The second-order valence-electron chi connectivity index (χ2n) is 7.51. The summed E-state index contributed by atoms with van der Waals surface area (Å²) in [5.74, 6) is 1.28. The number of benzene rings is 2. The van der Waals surface area contributed by atoms with E-state index in [1.807, 2.05) is 59.5 Å². The number of halogens is 1. The van der Waals surface area contributed by atoms with Gasteiger partial charge in [-0.1, -0.05) is 48.0 Å². The Bertz CT molecular complexity index is 1200. The van der Waals surface area contributed by atoms with E-state index in [-0.39, 0.29) is 11.9 Å². The monoisotopic (exact) mass is 417 g/mol. The molecule has 1 aliphatic heterocycles. The highest BCUT2D eigenvalue weighted by atomic mass is 35.5. The lowest BCUT2D eigenvalue weighted by molar-refractivity contribution is 0.0709. The van der Waals surface area contributed by atoms with Gasteiger partial charge in [-0.15, -0.1) is 0 Å². The van der Waals surface area contributed by atoms with Crippen LogP contribution in [0, 0.1) is 0 Å². The van der Waals surface area contributed by atoms with Crippen LogP contribution in [0.4, 0.5) is 0 Å². The molecule has 150 valence electrons. The Hall–Kier alpha value is -3.18. The number of aromatic nitrogens is 2. The molecule has 1 aliphatic rings. The number of carbonyl (C=O) groups excluding carboxylic acids is 1. The first kappa shape index (κ1) is 18.8. The normalized spacial score (nSPS) is 16.3. The summed E-state index contributed by atoms with van der Waals surface area (Å²) >= 11 is 5.95. The zero-order valence-electron chi connectivity index (χ0n) is 16.3. The Morgan fingerprint density at radius 2 is 1.93 bits per heavy atom. The number of carbonyl (C=O) groups is 1. The number of likely N-dealkylation sites (tertiary alicyclic amines) is 1. The Kier molecular flexibility index (Phi) is 4.97. The first-order valence-corrected chi connectivity index (χ1v) is 10.4. The Balaban J connectivity index is 1.36. The van der Waals surface area contributed by atoms with Gasteiger partial charge in [0.1, 0.15) is 17.5 Å². The van der Waals surface area contributed by atoms with E-state index in [1.165, 1.54) is 0 Å². The van der Waals surface area contributed by atoms with E-state index in [2.05, 4.69) is 9.97 Å². The fourth-order valence-corrected chi connectivity index (χ4v) is 4.09. The highest BCUT2D eigenvalue weighted by Gasteiger charge is 2.34. The molecular weight excluding hydrogens is 398 g/mol. The Morgan fingerprint density at radius 1 is 1.10 bits per heavy atom. The summed E-state index contributed by atoms with van der Waals surface area (Å²) in [6.45, 7) is 0.674. The maximum absolute atomic E-state index is 13.2. The molecular formula is C24H20ClN3O2. The van der Waals surface area contributed by atoms with Gasteiger partial charge in [0.15, 0.2) is 0 Å². The lowest BCUT2D eigenvalue weighted by Crippen LogP contribution is -2.31. The number of hydrogen-bond donors (Lipinski definition) is 0. The number of hydrogen-bond acceptors (Lipinski definition) is 4. The van der Waals surface area contributed by atoms with E-state index in [1.54, 1.807) is 12.3 Å². The van der Waals surface area contributed by atoms with E-state index >= 15 is 0 Å². The van der Waals surface area contributed by atoms with Crippen LogP contribution in [-0.2, 0) is 6.42 Å². The maximum Gasteiger partial charge on any atom is 0.273 e. The predicted octanol–water partition coefficient (Wildman–Crippen LogP) is 5.44. The quantitative estimate of drug-likeness (QED) is 0.443. The van der Waals surface area contributed by atoms with Gasteiger partial charge in [0.25, 0.3) is 5.91 Å². The minimum atomic E-state index is -0.162. The van der Waals surface area contributed by atoms with Crippen LogP contribution < -0.4 is 0 Å². The summed E-state index contributed by atoms with van der Waals surface area (Å²) < 4.78 is 6.03. The van der Waals surface area contributed by atoms with Crippen LogP contribution in [0.5, 0.6) is 0 Å². The lowest BCUT2D eigenvalue weighted by atomic mass is 10.1. The molecule has 0 N–H and O–H groups in total. The Morgan fingerprint density at radius 3 is 2.80 bits per heavy atom. The highest BCUT2D eigenvalue weighted by molar-refractivity contribution is 6.30. The highest BCUT2D eigenvalue weighted by Crippen LogP contribution is 2.33. The topological polar surface area (TPSA) is 59.2 Å². The first-order chi connectivity index (χ1) is 14.7. The molecule has 0 saturated carbocycles. The van der Waals surface area contributed by atoms with Gasteiger partial charge in [0.05, 0.1) is 11.7 Å². The zero-order chi connectivity index (χ0) is 20.5. The molecule has 30 heavy (non-hydrogen) atoms. The molecule has 0 spiro atoms. The molecule has 4 aromatic rings. The standard InChI is InChI=1S/C24H20ClN3O2/c25-18-10-7-16(8-11-18)14-19-15-26-23(30-19)22-6-3-13-28(22)24(29)21-12-9-17-4-1-2-5-20(17)27-21/h1-2,4-5,7-12,15,22H,3,6,13-14H2/t22-/m0/s1. The van der Waals surface area contributed by atoms with E-state index in [9.17, 15) is 4.79 Å². The molecule has 2 aromatic carbocycles. The van der Waals surface area contributed by atoms with Gasteiger partial charge < -0.3 is 9.32 Å². The van der Waals surface area contributed by atoms with Crippen molar-refractivity contribution in [3.63, 3.8) is 0 Å². The van der Waals surface area contributed by atoms with E-state index in [0.717, 1.165) is 35.1 Å². The fourth-order valence-electron chi connectivity index (χ4n) is 3.96. The zero-order valence-corrected chi connectivity index (χ0v) is 17.0. The minimum absolute atomic E-state index is 0.0827. The van der Waals surface area contributed by atoms with Gasteiger partial charge in [-0.2, -0.15) is 0 Å². The van der Waals surface area contributed by atoms with Crippen LogP contribution in [0.2, 0.25) is 5.02 Å². The summed E-state index contributed by atoms with van der Waals surface area (Å²) in [6.07, 6.45) is 4.13. The molecule has 0 radical (unpaired) electrons. The number of fused-ring (bicyclic) bond motifs is 1. The van der Waals surface area contributed by atoms with E-state index in [0.29, 0.717) is 29.6 Å². The van der Waals surface area contributed by atoms with Crippen LogP contribution in [0.15, 0.2) is 71.3 Å². The molecule has 5 nitrogen and oxygen atoms in total.